The summed E-state index contributed by atoms with van der Waals surface area (Å²) in [6.45, 7) is 1.03. The van der Waals surface area contributed by atoms with Gasteiger partial charge in [0.1, 0.15) is 10.8 Å². The quantitative estimate of drug-likeness (QED) is 0.851. The molecule has 1 fully saturated rings. The minimum atomic E-state index is 0.540. The van der Waals surface area contributed by atoms with Crippen LogP contribution in [0.4, 0.5) is 0 Å². The summed E-state index contributed by atoms with van der Waals surface area (Å²) in [6.07, 6.45) is 5.69. The number of nitrogens with one attached hydrogen (secondary N) is 2. The molecule has 1 aliphatic rings. The molecule has 3 nitrogen and oxygen atoms in total. The summed E-state index contributed by atoms with van der Waals surface area (Å²) in [5, 5.41) is 5.39. The van der Waals surface area contributed by atoms with Crippen molar-refractivity contribution in [1.82, 2.24) is 15.3 Å². The molecule has 0 aromatic carbocycles. The number of hydrogen-bond acceptors (Lipinski definition) is 3. The number of fused-ring (bicyclic) bond motifs is 1. The number of aromatic nitrogens is 2. The molecule has 102 valence electrons. The molecule has 1 aliphatic heterocycles. The van der Waals surface area contributed by atoms with Gasteiger partial charge in [0.25, 0.3) is 0 Å². The van der Waals surface area contributed by atoms with Crippen LogP contribution >= 0.6 is 23.4 Å². The minimum absolute atomic E-state index is 0.540. The molecule has 3 heterocycles. The molecular weight excluding hydrogens is 278 g/mol. The fourth-order valence-electron chi connectivity index (χ4n) is 2.56. The Labute approximate surface area is 122 Å². The molecule has 0 aliphatic carbocycles. The number of thioether (sulfide) groups is 1. The van der Waals surface area contributed by atoms with Crippen LogP contribution in [0.5, 0.6) is 0 Å². The molecule has 0 unspecified atom stereocenters. The molecule has 0 atom stereocenters. The first-order valence-corrected chi connectivity index (χ1v) is 8.30. The summed E-state index contributed by atoms with van der Waals surface area (Å²) in [4.78, 5) is 7.47. The lowest BCUT2D eigenvalue weighted by atomic mass is 10.1. The molecule has 0 saturated carbocycles. The second-order valence-corrected chi connectivity index (χ2v) is 6.55. The van der Waals surface area contributed by atoms with Crippen molar-refractivity contribution in [3.63, 3.8) is 0 Å². The zero-order chi connectivity index (χ0) is 13.1. The monoisotopic (exact) mass is 295 g/mol. The van der Waals surface area contributed by atoms with Crippen molar-refractivity contribution >= 4 is 34.4 Å². The number of pyridine rings is 1. The van der Waals surface area contributed by atoms with E-state index in [4.69, 9.17) is 11.6 Å². The Morgan fingerprint density at radius 2 is 2.21 bits per heavy atom. The smallest absolute Gasteiger partial charge is 0.139 e. The molecule has 19 heavy (non-hydrogen) atoms. The first kappa shape index (κ1) is 13.3. The van der Waals surface area contributed by atoms with Gasteiger partial charge in [0.15, 0.2) is 0 Å². The molecule has 2 aromatic heterocycles. The zero-order valence-corrected chi connectivity index (χ0v) is 12.4. The van der Waals surface area contributed by atoms with Gasteiger partial charge in [-0.3, -0.25) is 0 Å². The van der Waals surface area contributed by atoms with E-state index in [1.165, 1.54) is 35.3 Å². The van der Waals surface area contributed by atoms with Crippen LogP contribution < -0.4 is 5.32 Å². The minimum Gasteiger partial charge on any atom is -0.346 e. The fourth-order valence-corrected chi connectivity index (χ4v) is 3.81. The van der Waals surface area contributed by atoms with Gasteiger partial charge in [-0.15, -0.1) is 0 Å². The van der Waals surface area contributed by atoms with Gasteiger partial charge in [-0.25, -0.2) is 4.98 Å². The van der Waals surface area contributed by atoms with Crippen molar-refractivity contribution in [2.45, 2.75) is 25.3 Å². The molecule has 1 saturated heterocycles. The second-order valence-electron chi connectivity index (χ2n) is 4.93. The van der Waals surface area contributed by atoms with Crippen molar-refractivity contribution in [2.24, 2.45) is 0 Å². The Balaban J connectivity index is 1.59. The highest BCUT2D eigenvalue weighted by Gasteiger charge is 2.13. The Bertz CT molecular complexity index is 549. The van der Waals surface area contributed by atoms with Crippen LogP contribution in [0.25, 0.3) is 11.0 Å². The van der Waals surface area contributed by atoms with Crippen LogP contribution in [-0.2, 0) is 6.42 Å². The summed E-state index contributed by atoms with van der Waals surface area (Å²) in [6, 6.07) is 4.61. The van der Waals surface area contributed by atoms with Gasteiger partial charge in [0.05, 0.1) is 0 Å². The highest BCUT2D eigenvalue weighted by Crippen LogP contribution is 2.20. The van der Waals surface area contributed by atoms with E-state index in [1.807, 2.05) is 18.3 Å². The maximum Gasteiger partial charge on any atom is 0.139 e. The largest absolute Gasteiger partial charge is 0.346 e. The molecule has 3 rings (SSSR count). The SMILES string of the molecule is Clc1ccc2c(CCNC3CCSCC3)c[nH]c2n1. The van der Waals surface area contributed by atoms with Crippen molar-refractivity contribution < 1.29 is 0 Å². The Morgan fingerprint density at radius 3 is 3.05 bits per heavy atom. The molecule has 0 radical (unpaired) electrons. The van der Waals surface area contributed by atoms with E-state index in [9.17, 15) is 0 Å². The molecule has 0 bridgehead atoms. The third-order valence-electron chi connectivity index (χ3n) is 3.64. The Kier molecular flexibility index (Phi) is 4.31. The first-order chi connectivity index (χ1) is 9.33. The predicted octanol–water partition coefficient (Wildman–Crippen LogP) is 3.24. The van der Waals surface area contributed by atoms with Gasteiger partial charge in [0.2, 0.25) is 0 Å². The van der Waals surface area contributed by atoms with E-state index >= 15 is 0 Å². The van der Waals surface area contributed by atoms with Gasteiger partial charge in [-0.2, -0.15) is 11.8 Å². The zero-order valence-electron chi connectivity index (χ0n) is 10.8. The molecular formula is C14H18ClN3S. The first-order valence-electron chi connectivity index (χ1n) is 6.76. The van der Waals surface area contributed by atoms with Gasteiger partial charge >= 0.3 is 0 Å². The van der Waals surface area contributed by atoms with E-state index < -0.39 is 0 Å². The van der Waals surface area contributed by atoms with Crippen LogP contribution in [-0.4, -0.2) is 34.1 Å². The van der Waals surface area contributed by atoms with Gasteiger partial charge < -0.3 is 10.3 Å². The molecule has 2 aromatic rings. The highest BCUT2D eigenvalue weighted by molar-refractivity contribution is 7.99. The lowest BCUT2D eigenvalue weighted by Gasteiger charge is -2.22. The molecule has 0 spiro atoms. The summed E-state index contributed by atoms with van der Waals surface area (Å²) in [5.41, 5.74) is 2.20. The molecule has 0 amide bonds. The van der Waals surface area contributed by atoms with Crippen molar-refractivity contribution in [2.75, 3.05) is 18.1 Å². The highest BCUT2D eigenvalue weighted by atomic mass is 35.5. The van der Waals surface area contributed by atoms with E-state index in [0.29, 0.717) is 11.2 Å². The lowest BCUT2D eigenvalue weighted by Crippen LogP contribution is -2.33. The Hall–Kier alpha value is -0.710. The van der Waals surface area contributed by atoms with E-state index in [-0.39, 0.29) is 0 Å². The average Bonchev–Trinajstić information content (AvgIpc) is 2.82. The maximum atomic E-state index is 5.89. The van der Waals surface area contributed by atoms with E-state index in [2.05, 4.69) is 27.0 Å². The topological polar surface area (TPSA) is 40.7 Å². The van der Waals surface area contributed by atoms with Crippen LogP contribution in [0.1, 0.15) is 18.4 Å². The number of nitrogens with zero attached hydrogens (tertiary/aromatic N) is 1. The number of rotatable bonds is 4. The van der Waals surface area contributed by atoms with Crippen LogP contribution in [0.2, 0.25) is 5.15 Å². The number of halogens is 1. The van der Waals surface area contributed by atoms with E-state index in [1.54, 1.807) is 0 Å². The summed E-state index contributed by atoms with van der Waals surface area (Å²) in [5.74, 6) is 2.60. The van der Waals surface area contributed by atoms with E-state index in [0.717, 1.165) is 18.6 Å². The lowest BCUT2D eigenvalue weighted by molar-refractivity contribution is 0.486. The predicted molar refractivity (Wildman–Crippen MR) is 83.2 cm³/mol. The van der Waals surface area contributed by atoms with Crippen molar-refractivity contribution in [1.29, 1.82) is 0 Å². The van der Waals surface area contributed by atoms with Crippen molar-refractivity contribution in [3.05, 3.63) is 29.0 Å². The second kappa shape index (κ2) is 6.16. The van der Waals surface area contributed by atoms with Gasteiger partial charge in [-0.05, 0) is 55.0 Å². The Morgan fingerprint density at radius 1 is 1.37 bits per heavy atom. The molecule has 5 heteroatoms. The van der Waals surface area contributed by atoms with Gasteiger partial charge in [-0.1, -0.05) is 11.6 Å². The number of hydrogen-bond donors (Lipinski definition) is 2. The number of H-pyrrole nitrogens is 1. The average molecular weight is 296 g/mol. The van der Waals surface area contributed by atoms with Crippen LogP contribution in [0, 0.1) is 0 Å². The third-order valence-corrected chi connectivity index (χ3v) is 4.90. The van der Waals surface area contributed by atoms with Gasteiger partial charge in [0, 0.05) is 17.6 Å². The summed E-state index contributed by atoms with van der Waals surface area (Å²) in [7, 11) is 0. The normalized spacial score (nSPS) is 17.1. The molecule has 2 N–H and O–H groups in total. The third kappa shape index (κ3) is 3.25. The fraction of sp³-hybridized carbons (Fsp3) is 0.500. The standard InChI is InChI=1S/C14H18ClN3S/c15-13-2-1-12-10(9-17-14(12)18-13)3-6-16-11-4-7-19-8-5-11/h1-2,9,11,16H,3-8H2,(H,17,18). The van der Waals surface area contributed by atoms with Crippen LogP contribution in [0.3, 0.4) is 0 Å². The summed E-state index contributed by atoms with van der Waals surface area (Å²) < 4.78 is 0. The maximum absolute atomic E-state index is 5.89. The summed E-state index contributed by atoms with van der Waals surface area (Å²) >= 11 is 7.96. The van der Waals surface area contributed by atoms with Crippen molar-refractivity contribution in [3.8, 4) is 0 Å². The van der Waals surface area contributed by atoms with Crippen LogP contribution in [0.15, 0.2) is 18.3 Å². The number of aromatic amines is 1.